The number of anilines is 1. The van der Waals surface area contributed by atoms with Crippen molar-refractivity contribution in [1.29, 1.82) is 0 Å². The third kappa shape index (κ3) is 5.75. The fraction of sp³-hybridized carbons (Fsp3) is 0.172. The van der Waals surface area contributed by atoms with Gasteiger partial charge < -0.3 is 15.7 Å². The largest absolute Gasteiger partial charge is 0.480 e. The lowest BCUT2D eigenvalue weighted by atomic mass is 9.95. The number of rotatable bonds is 9. The molecule has 1 unspecified atom stereocenters. The number of para-hydroxylation sites is 1. The summed E-state index contributed by atoms with van der Waals surface area (Å²) in [7, 11) is 0. The van der Waals surface area contributed by atoms with Crippen LogP contribution >= 0.6 is 0 Å². The van der Waals surface area contributed by atoms with Gasteiger partial charge in [-0.25, -0.2) is 4.79 Å². The van der Waals surface area contributed by atoms with E-state index in [1.807, 2.05) is 61.5 Å². The number of benzene rings is 3. The first-order valence-electron chi connectivity index (χ1n) is 11.8. The van der Waals surface area contributed by atoms with E-state index in [4.69, 9.17) is 0 Å². The quantitative estimate of drug-likeness (QED) is 0.318. The maximum Gasteiger partial charge on any atom is 0.326 e. The molecule has 7 nitrogen and oxygen atoms in total. The van der Waals surface area contributed by atoms with E-state index in [0.29, 0.717) is 17.7 Å². The number of fused-ring (bicyclic) bond motifs is 1. The highest BCUT2D eigenvalue weighted by Crippen LogP contribution is 2.21. The van der Waals surface area contributed by atoms with E-state index in [1.54, 1.807) is 36.5 Å². The van der Waals surface area contributed by atoms with E-state index in [0.717, 1.165) is 22.0 Å². The van der Waals surface area contributed by atoms with Gasteiger partial charge in [-0.3, -0.25) is 14.6 Å². The molecule has 0 saturated heterocycles. The molecule has 182 valence electrons. The van der Waals surface area contributed by atoms with Crippen LogP contribution in [0.1, 0.15) is 40.7 Å². The summed E-state index contributed by atoms with van der Waals surface area (Å²) in [6.45, 7) is 1.90. The van der Waals surface area contributed by atoms with Crippen molar-refractivity contribution < 1.29 is 19.5 Å². The van der Waals surface area contributed by atoms with Gasteiger partial charge >= 0.3 is 5.97 Å². The SMILES string of the molecule is CCC(C(=O)N[C@@H](Cc1ccc(NC(=O)c2ccnc3ccccc23)cc1)C(=O)O)c1ccccc1. The number of carboxylic acids is 1. The van der Waals surface area contributed by atoms with Gasteiger partial charge in [0.25, 0.3) is 5.91 Å². The second-order valence-electron chi connectivity index (χ2n) is 8.50. The molecule has 1 heterocycles. The van der Waals surface area contributed by atoms with Crippen molar-refractivity contribution >= 4 is 34.4 Å². The van der Waals surface area contributed by atoms with Crippen molar-refractivity contribution in [3.05, 3.63) is 108 Å². The zero-order chi connectivity index (χ0) is 25.5. The molecular weight excluding hydrogens is 454 g/mol. The monoisotopic (exact) mass is 481 g/mol. The van der Waals surface area contributed by atoms with Crippen LogP contribution in [0.15, 0.2) is 91.1 Å². The van der Waals surface area contributed by atoms with Gasteiger partial charge in [-0.2, -0.15) is 0 Å². The maximum atomic E-state index is 12.9. The molecule has 3 N–H and O–H groups in total. The summed E-state index contributed by atoms with van der Waals surface area (Å²) in [6.07, 6.45) is 2.28. The van der Waals surface area contributed by atoms with E-state index in [2.05, 4.69) is 15.6 Å². The third-order valence-electron chi connectivity index (χ3n) is 6.09. The number of nitrogens with zero attached hydrogens (tertiary/aromatic N) is 1. The smallest absolute Gasteiger partial charge is 0.326 e. The Labute approximate surface area is 209 Å². The van der Waals surface area contributed by atoms with Gasteiger partial charge in [0.05, 0.1) is 17.0 Å². The molecule has 3 aromatic carbocycles. The number of carboxylic acid groups (broad SMARTS) is 1. The fourth-order valence-electron chi connectivity index (χ4n) is 4.18. The van der Waals surface area contributed by atoms with Crippen LogP contribution in [0, 0.1) is 0 Å². The second kappa shape index (κ2) is 11.3. The second-order valence-corrected chi connectivity index (χ2v) is 8.50. The Morgan fingerprint density at radius 3 is 2.28 bits per heavy atom. The number of carbonyl (C=O) groups is 3. The Morgan fingerprint density at radius 1 is 0.889 bits per heavy atom. The van der Waals surface area contributed by atoms with Crippen molar-refractivity contribution in [2.45, 2.75) is 31.7 Å². The molecule has 2 amide bonds. The molecule has 4 aromatic rings. The summed E-state index contributed by atoms with van der Waals surface area (Å²) in [5.41, 5.74) is 3.41. The lowest BCUT2D eigenvalue weighted by molar-refractivity contribution is -0.142. The molecule has 0 fully saturated rings. The first kappa shape index (κ1) is 24.6. The first-order chi connectivity index (χ1) is 17.5. The molecule has 4 rings (SSSR count). The van der Waals surface area contributed by atoms with Gasteiger partial charge in [-0.15, -0.1) is 0 Å². The van der Waals surface area contributed by atoms with Gasteiger partial charge in [-0.1, -0.05) is 67.6 Å². The Morgan fingerprint density at radius 2 is 1.58 bits per heavy atom. The van der Waals surface area contributed by atoms with Crippen LogP contribution in [0.25, 0.3) is 10.9 Å². The van der Waals surface area contributed by atoms with Crippen LogP contribution in [0.2, 0.25) is 0 Å². The molecule has 36 heavy (non-hydrogen) atoms. The normalized spacial score (nSPS) is 12.5. The Hall–Kier alpha value is -4.52. The molecule has 0 bridgehead atoms. The fourth-order valence-corrected chi connectivity index (χ4v) is 4.18. The zero-order valence-electron chi connectivity index (χ0n) is 19.8. The highest BCUT2D eigenvalue weighted by Gasteiger charge is 2.25. The number of hydrogen-bond acceptors (Lipinski definition) is 4. The van der Waals surface area contributed by atoms with E-state index in [9.17, 15) is 19.5 Å². The maximum absolute atomic E-state index is 12.9. The lowest BCUT2D eigenvalue weighted by Crippen LogP contribution is -2.44. The first-order valence-corrected chi connectivity index (χ1v) is 11.8. The molecule has 0 aliphatic rings. The van der Waals surface area contributed by atoms with Crippen molar-refractivity contribution in [1.82, 2.24) is 10.3 Å². The number of carbonyl (C=O) groups excluding carboxylic acids is 2. The molecule has 0 radical (unpaired) electrons. The molecule has 2 atom stereocenters. The molecule has 0 saturated carbocycles. The molecule has 0 aliphatic carbocycles. The van der Waals surface area contributed by atoms with Crippen LogP contribution in [0.4, 0.5) is 5.69 Å². The summed E-state index contributed by atoms with van der Waals surface area (Å²) < 4.78 is 0. The molecule has 0 aliphatic heterocycles. The number of pyridine rings is 1. The molecule has 1 aromatic heterocycles. The lowest BCUT2D eigenvalue weighted by Gasteiger charge is -2.20. The summed E-state index contributed by atoms with van der Waals surface area (Å²) >= 11 is 0. The topological polar surface area (TPSA) is 108 Å². The minimum Gasteiger partial charge on any atom is -0.480 e. The Bertz CT molecular complexity index is 1370. The third-order valence-corrected chi connectivity index (χ3v) is 6.09. The summed E-state index contributed by atoms with van der Waals surface area (Å²) in [4.78, 5) is 41.9. The molecule has 0 spiro atoms. The van der Waals surface area contributed by atoms with Crippen molar-refractivity contribution in [2.24, 2.45) is 0 Å². The van der Waals surface area contributed by atoms with Crippen LogP contribution < -0.4 is 10.6 Å². The predicted molar refractivity (Wildman–Crippen MR) is 139 cm³/mol. The molecular formula is C29H27N3O4. The number of amides is 2. The van der Waals surface area contributed by atoms with Crippen molar-refractivity contribution in [3.8, 4) is 0 Å². The Balaban J connectivity index is 1.42. The van der Waals surface area contributed by atoms with E-state index < -0.39 is 17.9 Å². The van der Waals surface area contributed by atoms with Gasteiger partial charge in [0, 0.05) is 23.7 Å². The van der Waals surface area contributed by atoms with Gasteiger partial charge in [0.2, 0.25) is 5.91 Å². The van der Waals surface area contributed by atoms with Crippen molar-refractivity contribution in [2.75, 3.05) is 5.32 Å². The number of aliphatic carboxylic acids is 1. The van der Waals surface area contributed by atoms with Gasteiger partial charge in [0.15, 0.2) is 0 Å². The van der Waals surface area contributed by atoms with Crippen LogP contribution in [-0.2, 0) is 16.0 Å². The predicted octanol–water partition coefficient (Wildman–Crippen LogP) is 4.79. The molecule has 7 heteroatoms. The van der Waals surface area contributed by atoms with E-state index >= 15 is 0 Å². The summed E-state index contributed by atoms with van der Waals surface area (Å²) in [5.74, 6) is -2.10. The number of nitrogens with one attached hydrogen (secondary N) is 2. The van der Waals surface area contributed by atoms with Crippen LogP contribution in [0.3, 0.4) is 0 Å². The van der Waals surface area contributed by atoms with Gasteiger partial charge in [-0.05, 0) is 41.8 Å². The van der Waals surface area contributed by atoms with E-state index in [-0.39, 0.29) is 18.2 Å². The van der Waals surface area contributed by atoms with Crippen LogP contribution in [0.5, 0.6) is 0 Å². The minimum atomic E-state index is -1.10. The number of aromatic nitrogens is 1. The average Bonchev–Trinajstić information content (AvgIpc) is 2.90. The van der Waals surface area contributed by atoms with Crippen LogP contribution in [-0.4, -0.2) is 33.9 Å². The van der Waals surface area contributed by atoms with Gasteiger partial charge in [0.1, 0.15) is 6.04 Å². The highest BCUT2D eigenvalue weighted by atomic mass is 16.4. The number of hydrogen-bond donors (Lipinski definition) is 3. The standard InChI is InChI=1S/C29H27N3O4/c1-2-22(20-8-4-3-5-9-20)27(33)32-26(29(35)36)18-19-12-14-21(15-13-19)31-28(34)24-16-17-30-25-11-7-6-10-23(24)25/h3-17,22,26H,2,18H2,1H3,(H,31,34)(H,32,33)(H,35,36)/t22?,26-/m0/s1. The average molecular weight is 482 g/mol. The highest BCUT2D eigenvalue weighted by molar-refractivity contribution is 6.12. The van der Waals surface area contributed by atoms with E-state index in [1.165, 1.54) is 0 Å². The summed E-state index contributed by atoms with van der Waals surface area (Å²) in [5, 5.41) is 16.0. The van der Waals surface area contributed by atoms with Crippen molar-refractivity contribution in [3.63, 3.8) is 0 Å². The zero-order valence-corrected chi connectivity index (χ0v) is 19.8. The summed E-state index contributed by atoms with van der Waals surface area (Å²) in [6, 6.07) is 24.3. The Kier molecular flexibility index (Phi) is 7.70. The minimum absolute atomic E-state index is 0.121.